The molecular formula is C14H11NO4. The van der Waals surface area contributed by atoms with E-state index in [9.17, 15) is 9.59 Å². The van der Waals surface area contributed by atoms with Crippen LogP contribution in [-0.2, 0) is 4.79 Å². The zero-order valence-corrected chi connectivity index (χ0v) is 9.87. The Morgan fingerprint density at radius 1 is 1.11 bits per heavy atom. The molecule has 19 heavy (non-hydrogen) atoms. The van der Waals surface area contributed by atoms with Gasteiger partial charge in [0.1, 0.15) is 11.5 Å². The van der Waals surface area contributed by atoms with Crippen LogP contribution >= 0.6 is 0 Å². The van der Waals surface area contributed by atoms with E-state index in [1.807, 2.05) is 0 Å². The second-order valence-corrected chi connectivity index (χ2v) is 3.70. The fraction of sp³-hybridized carbons (Fsp3) is 0. The molecule has 0 atom stereocenters. The second-order valence-electron chi connectivity index (χ2n) is 3.70. The maximum Gasteiger partial charge on any atom is 0.352 e. The van der Waals surface area contributed by atoms with Crippen LogP contribution in [0.3, 0.4) is 0 Å². The van der Waals surface area contributed by atoms with Crippen LogP contribution in [0.4, 0.5) is 0 Å². The molecule has 1 amide bonds. The lowest BCUT2D eigenvalue weighted by Gasteiger charge is -2.05. The number of carboxylic acid groups (broad SMARTS) is 1. The van der Waals surface area contributed by atoms with Crippen molar-refractivity contribution in [2.24, 2.45) is 0 Å². The number of carbonyl (C=O) groups excluding carboxylic acids is 1. The van der Waals surface area contributed by atoms with Gasteiger partial charge in [-0.3, -0.25) is 4.79 Å². The number of hydrogen-bond donors (Lipinski definition) is 2. The summed E-state index contributed by atoms with van der Waals surface area (Å²) in [6.45, 7) is 0. The first-order valence-electron chi connectivity index (χ1n) is 5.52. The molecule has 0 fully saturated rings. The third-order valence-corrected chi connectivity index (χ3v) is 2.34. The van der Waals surface area contributed by atoms with Crippen molar-refractivity contribution in [3.05, 3.63) is 65.7 Å². The number of rotatable bonds is 4. The highest BCUT2D eigenvalue weighted by atomic mass is 16.4. The van der Waals surface area contributed by atoms with Gasteiger partial charge in [0.15, 0.2) is 0 Å². The van der Waals surface area contributed by atoms with Crippen LogP contribution in [0.25, 0.3) is 6.08 Å². The Bertz CT molecular complexity index is 600. The molecule has 1 aromatic carbocycles. The number of amides is 1. The van der Waals surface area contributed by atoms with Gasteiger partial charge in [-0.15, -0.1) is 0 Å². The minimum Gasteiger partial charge on any atom is -0.477 e. The Morgan fingerprint density at radius 2 is 1.84 bits per heavy atom. The summed E-state index contributed by atoms with van der Waals surface area (Å²) in [5.74, 6) is -1.37. The van der Waals surface area contributed by atoms with Gasteiger partial charge in [-0.2, -0.15) is 0 Å². The van der Waals surface area contributed by atoms with Gasteiger partial charge < -0.3 is 14.8 Å². The Balaban J connectivity index is 2.19. The first kappa shape index (κ1) is 12.6. The minimum absolute atomic E-state index is 0.246. The van der Waals surface area contributed by atoms with Crippen molar-refractivity contribution in [1.82, 2.24) is 5.32 Å². The van der Waals surface area contributed by atoms with E-state index in [1.54, 1.807) is 42.5 Å². The molecule has 2 aromatic rings. The average molecular weight is 257 g/mol. The number of benzene rings is 1. The van der Waals surface area contributed by atoms with Crippen LogP contribution in [0, 0.1) is 0 Å². The normalized spacial score (nSPS) is 11.1. The molecule has 0 aliphatic heterocycles. The Hall–Kier alpha value is -2.82. The summed E-state index contributed by atoms with van der Waals surface area (Å²) < 4.78 is 5.01. The fourth-order valence-electron chi connectivity index (χ4n) is 1.45. The van der Waals surface area contributed by atoms with Crippen LogP contribution in [0.2, 0.25) is 0 Å². The Morgan fingerprint density at radius 3 is 2.42 bits per heavy atom. The highest BCUT2D eigenvalue weighted by molar-refractivity contribution is 6.02. The molecule has 0 saturated heterocycles. The number of carboxylic acids is 1. The molecule has 0 aliphatic rings. The molecule has 5 heteroatoms. The van der Waals surface area contributed by atoms with Crippen molar-refractivity contribution in [3.63, 3.8) is 0 Å². The highest BCUT2D eigenvalue weighted by Gasteiger charge is 2.13. The van der Waals surface area contributed by atoms with Gasteiger partial charge in [0.25, 0.3) is 5.91 Å². The number of aliphatic carboxylic acids is 1. The van der Waals surface area contributed by atoms with Crippen molar-refractivity contribution in [1.29, 1.82) is 0 Å². The quantitative estimate of drug-likeness (QED) is 0.822. The highest BCUT2D eigenvalue weighted by Crippen LogP contribution is 2.07. The van der Waals surface area contributed by atoms with Gasteiger partial charge in [-0.25, -0.2) is 4.79 Å². The van der Waals surface area contributed by atoms with E-state index in [1.165, 1.54) is 12.3 Å². The zero-order valence-electron chi connectivity index (χ0n) is 9.87. The summed E-state index contributed by atoms with van der Waals surface area (Å²) in [6, 6.07) is 11.6. The lowest BCUT2D eigenvalue weighted by Crippen LogP contribution is -2.27. The van der Waals surface area contributed by atoms with Crippen LogP contribution in [0.5, 0.6) is 0 Å². The smallest absolute Gasteiger partial charge is 0.352 e. The van der Waals surface area contributed by atoms with E-state index < -0.39 is 11.9 Å². The number of carbonyl (C=O) groups is 2. The maximum atomic E-state index is 11.8. The molecule has 1 heterocycles. The third kappa shape index (κ3) is 3.32. The number of nitrogens with one attached hydrogen (secondary N) is 1. The summed E-state index contributed by atoms with van der Waals surface area (Å²) in [6.07, 6.45) is 2.67. The molecule has 0 aliphatic carbocycles. The van der Waals surface area contributed by atoms with Crippen LogP contribution in [-0.4, -0.2) is 17.0 Å². The second kappa shape index (κ2) is 5.68. The standard InChI is InChI=1S/C14H11NO4/c16-13(10-5-2-1-3-6-10)15-12(14(17)18)9-11-7-4-8-19-11/h1-9H,(H,15,16)(H,17,18)/b12-9+. The zero-order chi connectivity index (χ0) is 13.7. The maximum absolute atomic E-state index is 11.8. The van der Waals surface area contributed by atoms with E-state index in [-0.39, 0.29) is 5.70 Å². The lowest BCUT2D eigenvalue weighted by atomic mass is 10.2. The molecule has 0 radical (unpaired) electrons. The summed E-state index contributed by atoms with van der Waals surface area (Å²) in [5, 5.41) is 11.4. The average Bonchev–Trinajstić information content (AvgIpc) is 2.91. The SMILES string of the molecule is O=C(O)/C(=C\c1ccco1)NC(=O)c1ccccc1. The predicted molar refractivity (Wildman–Crippen MR) is 68.2 cm³/mol. The van der Waals surface area contributed by atoms with Crippen molar-refractivity contribution < 1.29 is 19.1 Å². The number of furan rings is 1. The van der Waals surface area contributed by atoms with Crippen molar-refractivity contribution in [3.8, 4) is 0 Å². The van der Waals surface area contributed by atoms with Crippen molar-refractivity contribution >= 4 is 18.0 Å². The van der Waals surface area contributed by atoms with Gasteiger partial charge in [0, 0.05) is 11.6 Å². The van der Waals surface area contributed by atoms with Crippen molar-refractivity contribution in [2.75, 3.05) is 0 Å². The summed E-state index contributed by atoms with van der Waals surface area (Å²) in [4.78, 5) is 22.9. The first-order valence-corrected chi connectivity index (χ1v) is 5.52. The van der Waals surface area contributed by atoms with Crippen LogP contribution in [0.15, 0.2) is 58.8 Å². The van der Waals surface area contributed by atoms with Gasteiger partial charge in [0.05, 0.1) is 6.26 Å². The number of hydrogen-bond acceptors (Lipinski definition) is 3. The van der Waals surface area contributed by atoms with Gasteiger partial charge in [-0.1, -0.05) is 18.2 Å². The summed E-state index contributed by atoms with van der Waals surface area (Å²) in [7, 11) is 0. The van der Waals surface area contributed by atoms with E-state index in [0.717, 1.165) is 0 Å². The summed E-state index contributed by atoms with van der Waals surface area (Å²) >= 11 is 0. The molecule has 96 valence electrons. The van der Waals surface area contributed by atoms with Gasteiger partial charge >= 0.3 is 5.97 Å². The van der Waals surface area contributed by atoms with Crippen LogP contribution < -0.4 is 5.32 Å². The van der Waals surface area contributed by atoms with Gasteiger partial charge in [0.2, 0.25) is 0 Å². The third-order valence-electron chi connectivity index (χ3n) is 2.34. The molecular weight excluding hydrogens is 246 g/mol. The molecule has 2 rings (SSSR count). The molecule has 5 nitrogen and oxygen atoms in total. The molecule has 0 spiro atoms. The van der Waals surface area contributed by atoms with E-state index >= 15 is 0 Å². The van der Waals surface area contributed by atoms with Crippen LogP contribution in [0.1, 0.15) is 16.1 Å². The molecule has 0 bridgehead atoms. The molecule has 0 saturated carbocycles. The Labute approximate surface area is 109 Å². The lowest BCUT2D eigenvalue weighted by molar-refractivity contribution is -0.132. The van der Waals surface area contributed by atoms with Gasteiger partial charge in [-0.05, 0) is 24.3 Å². The predicted octanol–water partition coefficient (Wildman–Crippen LogP) is 2.14. The minimum atomic E-state index is -1.24. The Kier molecular flexibility index (Phi) is 3.78. The molecule has 1 aromatic heterocycles. The van der Waals surface area contributed by atoms with Crippen molar-refractivity contribution in [2.45, 2.75) is 0 Å². The molecule has 2 N–H and O–H groups in total. The topological polar surface area (TPSA) is 79.5 Å². The van der Waals surface area contributed by atoms with E-state index in [4.69, 9.17) is 9.52 Å². The fourth-order valence-corrected chi connectivity index (χ4v) is 1.45. The molecule has 0 unspecified atom stereocenters. The largest absolute Gasteiger partial charge is 0.477 e. The first-order chi connectivity index (χ1) is 9.16. The monoisotopic (exact) mass is 257 g/mol. The van der Waals surface area contributed by atoms with E-state index in [2.05, 4.69) is 5.32 Å². The summed E-state index contributed by atoms with van der Waals surface area (Å²) in [5.41, 5.74) is 0.137. The van der Waals surface area contributed by atoms with E-state index in [0.29, 0.717) is 11.3 Å².